The lowest BCUT2D eigenvalue weighted by Crippen LogP contribution is -2.70. The molecule has 2 saturated heterocycles. The SMILES string of the molecule is C[Si](C)(C)OC[C@@H]1O[C@@H](O[Si](C)(C)C)[C@H](O[C@H]2O[C@@H](CO[Si](C)(C)C)[C@@H](O[Si](C)(C)C)[C@@H](O[Si](C)(C)C)[C@@H]2O[Si](C)(C)C)[C@@H](O[Si](C)(C)C)[C@H]1O[Si](C)(C)C. The summed E-state index contributed by atoms with van der Waals surface area (Å²) in [4.78, 5) is 0. The second kappa shape index (κ2) is 19.1. The van der Waals surface area contributed by atoms with Crippen LogP contribution in [0.3, 0.4) is 0 Å². The Morgan fingerprint density at radius 3 is 0.873 bits per heavy atom. The van der Waals surface area contributed by atoms with Gasteiger partial charge in [-0.2, -0.15) is 0 Å². The van der Waals surface area contributed by atoms with E-state index in [2.05, 4.69) is 157 Å². The number of rotatable bonds is 20. The first-order valence-corrected chi connectivity index (χ1v) is 47.8. The average Bonchev–Trinajstić information content (AvgIpc) is 2.87. The second-order valence-corrected chi connectivity index (χ2v) is 59.0. The Balaban J connectivity index is 2.91. The summed E-state index contributed by atoms with van der Waals surface area (Å²) < 4.78 is 77.4. The lowest BCUT2D eigenvalue weighted by Gasteiger charge is -2.54. The molecule has 0 bridgehead atoms. The number of hydrogen-bond donors (Lipinski definition) is 0. The molecule has 2 aliphatic heterocycles. The number of ether oxygens (including phenoxy) is 3. The molecule has 0 amide bonds. The fraction of sp³-hybridized carbons (Fsp3) is 1.00. The molecule has 19 heteroatoms. The Morgan fingerprint density at radius 2 is 0.564 bits per heavy atom. The molecule has 10 atom stereocenters. The average molecular weight is 920 g/mol. The van der Waals surface area contributed by atoms with Crippen LogP contribution in [0.2, 0.25) is 157 Å². The summed E-state index contributed by atoms with van der Waals surface area (Å²) in [5.74, 6) is 0. The van der Waals surface area contributed by atoms with E-state index in [0.717, 1.165) is 0 Å². The van der Waals surface area contributed by atoms with E-state index in [-0.39, 0.29) is 0 Å². The van der Waals surface area contributed by atoms with Gasteiger partial charge in [-0.15, -0.1) is 0 Å². The van der Waals surface area contributed by atoms with Crippen molar-refractivity contribution in [3.8, 4) is 0 Å². The highest BCUT2D eigenvalue weighted by atomic mass is 28.4. The van der Waals surface area contributed by atoms with Crippen LogP contribution >= 0.6 is 0 Å². The Morgan fingerprint density at radius 1 is 0.291 bits per heavy atom. The van der Waals surface area contributed by atoms with Crippen LogP contribution in [0.15, 0.2) is 0 Å². The van der Waals surface area contributed by atoms with E-state index < -0.39 is 128 Å². The minimum Gasteiger partial charge on any atom is -0.415 e. The third kappa shape index (κ3) is 20.6. The lowest BCUT2D eigenvalue weighted by atomic mass is 9.97. The first-order chi connectivity index (χ1) is 24.2. The third-order valence-electron chi connectivity index (χ3n) is 7.75. The summed E-state index contributed by atoms with van der Waals surface area (Å²) in [7, 11) is -17.0. The molecule has 328 valence electrons. The van der Waals surface area contributed by atoms with Gasteiger partial charge in [0, 0.05) is 0 Å². The van der Waals surface area contributed by atoms with E-state index in [0.29, 0.717) is 13.2 Å². The van der Waals surface area contributed by atoms with Crippen LogP contribution in [0.4, 0.5) is 0 Å². The standard InChI is InChI=1S/C36H86O11Si8/c1-48(2,3)37-25-27-30(43-51(10,11)12)32(45-53(16,17)18)34(46-54(19,20)21)35(39-27)41-33-31(44-52(13,14)15)29(42-50(7,8)9)28(26-38-49(4,5)6)40-36(33)47-55(22,23)24/h27-36H,25-26H2,1-24H3/t27-,28-,29-,30+,31-,32+,33+,34-,35+,36-/m0/s1. The van der Waals surface area contributed by atoms with Crippen molar-refractivity contribution in [1.29, 1.82) is 0 Å². The lowest BCUT2D eigenvalue weighted by molar-refractivity contribution is -0.351. The van der Waals surface area contributed by atoms with Crippen LogP contribution in [0.5, 0.6) is 0 Å². The van der Waals surface area contributed by atoms with Gasteiger partial charge in [0.05, 0.1) is 13.2 Å². The van der Waals surface area contributed by atoms with Gasteiger partial charge in [0.2, 0.25) is 0 Å². The summed E-state index contributed by atoms with van der Waals surface area (Å²) in [5, 5.41) is 0. The van der Waals surface area contributed by atoms with Crippen molar-refractivity contribution in [2.75, 3.05) is 13.2 Å². The van der Waals surface area contributed by atoms with Gasteiger partial charge in [-0.05, 0) is 157 Å². The van der Waals surface area contributed by atoms with Gasteiger partial charge in [-0.1, -0.05) is 0 Å². The quantitative estimate of drug-likeness (QED) is 0.109. The molecule has 2 aliphatic rings. The molecule has 55 heavy (non-hydrogen) atoms. The van der Waals surface area contributed by atoms with Gasteiger partial charge < -0.3 is 49.6 Å². The first-order valence-electron chi connectivity index (χ1n) is 20.5. The van der Waals surface area contributed by atoms with Crippen molar-refractivity contribution in [1.82, 2.24) is 0 Å². The minimum atomic E-state index is -2.23. The van der Waals surface area contributed by atoms with Gasteiger partial charge >= 0.3 is 0 Å². The van der Waals surface area contributed by atoms with Crippen LogP contribution in [-0.4, -0.2) is 141 Å². The molecule has 0 aliphatic carbocycles. The Hall–Kier alpha value is 1.30. The van der Waals surface area contributed by atoms with Gasteiger partial charge in [0.1, 0.15) is 48.8 Å². The van der Waals surface area contributed by atoms with Crippen LogP contribution in [0, 0.1) is 0 Å². The van der Waals surface area contributed by atoms with Crippen molar-refractivity contribution in [3.63, 3.8) is 0 Å². The zero-order valence-corrected chi connectivity index (χ0v) is 47.7. The fourth-order valence-electron chi connectivity index (χ4n) is 6.26. The molecule has 0 unspecified atom stereocenters. The summed E-state index contributed by atoms with van der Waals surface area (Å²) >= 11 is 0. The van der Waals surface area contributed by atoms with Crippen molar-refractivity contribution in [2.45, 2.75) is 219 Å². The molecule has 0 radical (unpaired) electrons. The van der Waals surface area contributed by atoms with E-state index in [9.17, 15) is 0 Å². The first kappa shape index (κ1) is 52.4. The smallest absolute Gasteiger partial charge is 0.187 e. The highest BCUT2D eigenvalue weighted by Crippen LogP contribution is 2.39. The molecule has 2 fully saturated rings. The topological polar surface area (TPSA) is 102 Å². The monoisotopic (exact) mass is 918 g/mol. The van der Waals surface area contributed by atoms with Gasteiger partial charge in [-0.25, -0.2) is 0 Å². The van der Waals surface area contributed by atoms with E-state index in [1.54, 1.807) is 0 Å². The Bertz CT molecular complexity index is 1180. The zero-order chi connectivity index (χ0) is 43.0. The molecule has 2 rings (SSSR count). The molecule has 0 aromatic rings. The van der Waals surface area contributed by atoms with E-state index in [1.165, 1.54) is 0 Å². The highest BCUT2D eigenvalue weighted by molar-refractivity contribution is 6.72. The van der Waals surface area contributed by atoms with Crippen molar-refractivity contribution >= 4 is 66.5 Å². The van der Waals surface area contributed by atoms with Gasteiger partial charge in [-0.3, -0.25) is 0 Å². The molecule has 0 aromatic heterocycles. The second-order valence-electron chi connectivity index (χ2n) is 23.2. The van der Waals surface area contributed by atoms with Crippen LogP contribution in [0.1, 0.15) is 0 Å². The summed E-state index contributed by atoms with van der Waals surface area (Å²) in [6.45, 7) is 53.6. The van der Waals surface area contributed by atoms with Crippen LogP contribution in [0.25, 0.3) is 0 Å². The largest absolute Gasteiger partial charge is 0.415 e. The van der Waals surface area contributed by atoms with Crippen LogP contribution in [-0.2, 0) is 49.6 Å². The zero-order valence-electron chi connectivity index (χ0n) is 39.7. The highest BCUT2D eigenvalue weighted by Gasteiger charge is 2.57. The molecule has 0 spiro atoms. The Kier molecular flexibility index (Phi) is 18.2. The predicted molar refractivity (Wildman–Crippen MR) is 246 cm³/mol. The van der Waals surface area contributed by atoms with Crippen molar-refractivity contribution in [2.24, 2.45) is 0 Å². The normalized spacial score (nSPS) is 31.2. The molecule has 11 nitrogen and oxygen atoms in total. The predicted octanol–water partition coefficient (Wildman–Crippen LogP) is 9.48. The molecular formula is C36H86O11Si8. The van der Waals surface area contributed by atoms with E-state index in [1.807, 2.05) is 0 Å². The minimum absolute atomic E-state index is 0.359. The summed E-state index contributed by atoms with van der Waals surface area (Å²) in [6.07, 6.45) is -5.64. The molecular weight excluding hydrogens is 833 g/mol. The maximum Gasteiger partial charge on any atom is 0.187 e. The molecule has 0 saturated carbocycles. The third-order valence-corrected chi connectivity index (χ3v) is 15.7. The van der Waals surface area contributed by atoms with E-state index in [4.69, 9.17) is 49.6 Å². The summed E-state index contributed by atoms with van der Waals surface area (Å²) in [6, 6.07) is 0. The van der Waals surface area contributed by atoms with E-state index >= 15 is 0 Å². The maximum absolute atomic E-state index is 7.43. The molecule has 2 heterocycles. The Labute approximate surface area is 346 Å². The fourth-order valence-corrected chi connectivity index (χ4v) is 13.9. The van der Waals surface area contributed by atoms with Crippen molar-refractivity contribution in [3.05, 3.63) is 0 Å². The van der Waals surface area contributed by atoms with Crippen molar-refractivity contribution < 1.29 is 49.6 Å². The molecule has 0 N–H and O–H groups in total. The molecule has 0 aromatic carbocycles. The maximum atomic E-state index is 7.43. The number of hydrogen-bond acceptors (Lipinski definition) is 11. The van der Waals surface area contributed by atoms with Gasteiger partial charge in [0.15, 0.2) is 79.1 Å². The summed E-state index contributed by atoms with van der Waals surface area (Å²) in [5.41, 5.74) is 0. The van der Waals surface area contributed by atoms with Crippen LogP contribution < -0.4 is 0 Å². The van der Waals surface area contributed by atoms with Gasteiger partial charge in [0.25, 0.3) is 0 Å².